The van der Waals surface area contributed by atoms with Crippen molar-refractivity contribution < 1.29 is 13.2 Å². The Morgan fingerprint density at radius 2 is 1.55 bits per heavy atom. The van der Waals surface area contributed by atoms with E-state index >= 15 is 0 Å². The van der Waals surface area contributed by atoms with Gasteiger partial charge in [0.05, 0.1) is 9.92 Å². The van der Waals surface area contributed by atoms with Crippen molar-refractivity contribution >= 4 is 38.8 Å². The number of rotatable bonds is 4. The number of Topliss-reactive ketones (excluding diaryl/α,β-unsaturated/α-hetero) is 1. The van der Waals surface area contributed by atoms with Crippen LogP contribution in [0.4, 0.5) is 0 Å². The molecule has 0 amide bonds. The molecule has 0 aliphatic carbocycles. The lowest BCUT2D eigenvalue weighted by molar-refractivity contribution is 0.102. The molecule has 3 nitrogen and oxygen atoms in total. The number of halogens is 2. The summed E-state index contributed by atoms with van der Waals surface area (Å²) in [6, 6.07) is 12.0. The first kappa shape index (κ1) is 15.0. The van der Waals surface area contributed by atoms with E-state index in [1.165, 1.54) is 30.3 Å². The summed E-state index contributed by atoms with van der Waals surface area (Å²) in [6.07, 6.45) is 0. The number of carbonyl (C=O) groups is 1. The van der Waals surface area contributed by atoms with Crippen LogP contribution in [0.3, 0.4) is 0 Å². The molecule has 2 aromatic carbocycles. The summed E-state index contributed by atoms with van der Waals surface area (Å²) in [5.74, 6) is -1.16. The van der Waals surface area contributed by atoms with E-state index in [4.69, 9.17) is 23.2 Å². The van der Waals surface area contributed by atoms with Crippen LogP contribution in [0.1, 0.15) is 10.4 Å². The van der Waals surface area contributed by atoms with Gasteiger partial charge in [0.1, 0.15) is 5.75 Å². The highest BCUT2D eigenvalue weighted by molar-refractivity contribution is 7.92. The van der Waals surface area contributed by atoms with Crippen molar-refractivity contribution in [2.75, 3.05) is 5.75 Å². The fourth-order valence-corrected chi connectivity index (χ4v) is 3.25. The summed E-state index contributed by atoms with van der Waals surface area (Å²) >= 11 is 11.6. The average Bonchev–Trinajstić information content (AvgIpc) is 2.39. The zero-order valence-electron chi connectivity index (χ0n) is 10.2. The van der Waals surface area contributed by atoms with Gasteiger partial charge in [-0.3, -0.25) is 4.79 Å². The first-order valence-corrected chi connectivity index (χ1v) is 8.07. The van der Waals surface area contributed by atoms with Crippen LogP contribution in [0.25, 0.3) is 0 Å². The van der Waals surface area contributed by atoms with Crippen LogP contribution in [0.15, 0.2) is 53.4 Å². The molecule has 0 unspecified atom stereocenters. The minimum absolute atomic E-state index is 0.0577. The van der Waals surface area contributed by atoms with Crippen LogP contribution in [0, 0.1) is 0 Å². The Bertz CT molecular complexity index is 737. The molecule has 6 heteroatoms. The molecule has 0 fully saturated rings. The van der Waals surface area contributed by atoms with E-state index in [1.807, 2.05) is 0 Å². The standard InChI is InChI=1S/C14H10Cl2O3S/c15-10-5-7-11(8-6-10)20(18,19)9-14(17)12-3-1-2-4-13(12)16/h1-8H,9H2. The third-order valence-corrected chi connectivity index (χ3v) is 4.88. The summed E-state index contributed by atoms with van der Waals surface area (Å²) in [7, 11) is -3.71. The van der Waals surface area contributed by atoms with Crippen LogP contribution >= 0.6 is 23.2 Å². The summed E-state index contributed by atoms with van der Waals surface area (Å²) < 4.78 is 24.3. The quantitative estimate of drug-likeness (QED) is 0.805. The third-order valence-electron chi connectivity index (χ3n) is 2.67. The molecule has 0 saturated carbocycles. The molecule has 20 heavy (non-hydrogen) atoms. The number of hydrogen-bond donors (Lipinski definition) is 0. The van der Waals surface area contributed by atoms with E-state index in [9.17, 15) is 13.2 Å². The molecule has 0 N–H and O–H groups in total. The summed E-state index contributed by atoms with van der Waals surface area (Å²) in [5.41, 5.74) is 0.201. The Labute approximate surface area is 127 Å². The molecule has 0 aromatic heterocycles. The van der Waals surface area contributed by atoms with Gasteiger partial charge in [-0.25, -0.2) is 8.42 Å². The van der Waals surface area contributed by atoms with Gasteiger partial charge in [-0.15, -0.1) is 0 Å². The van der Waals surface area contributed by atoms with E-state index in [0.717, 1.165) is 0 Å². The van der Waals surface area contributed by atoms with Crippen molar-refractivity contribution in [1.82, 2.24) is 0 Å². The van der Waals surface area contributed by atoms with Gasteiger partial charge in [-0.05, 0) is 36.4 Å². The van der Waals surface area contributed by atoms with Gasteiger partial charge in [0.25, 0.3) is 0 Å². The second kappa shape index (κ2) is 5.95. The molecule has 0 atom stereocenters. The van der Waals surface area contributed by atoms with Crippen molar-refractivity contribution in [3.63, 3.8) is 0 Å². The van der Waals surface area contributed by atoms with Gasteiger partial charge in [-0.1, -0.05) is 35.3 Å². The minimum atomic E-state index is -3.71. The lowest BCUT2D eigenvalue weighted by Gasteiger charge is -2.05. The van der Waals surface area contributed by atoms with E-state index < -0.39 is 21.4 Å². The fraction of sp³-hybridized carbons (Fsp3) is 0.0714. The van der Waals surface area contributed by atoms with Gasteiger partial charge >= 0.3 is 0 Å². The second-order valence-corrected chi connectivity index (χ2v) is 6.95. The smallest absolute Gasteiger partial charge is 0.185 e. The second-order valence-electron chi connectivity index (χ2n) is 4.12. The summed E-state index contributed by atoms with van der Waals surface area (Å²) in [5, 5.41) is 0.671. The van der Waals surface area contributed by atoms with Gasteiger partial charge < -0.3 is 0 Å². The van der Waals surface area contributed by atoms with E-state index in [-0.39, 0.29) is 15.5 Å². The van der Waals surface area contributed by atoms with E-state index in [2.05, 4.69) is 0 Å². The van der Waals surface area contributed by atoms with Gasteiger partial charge in [0.2, 0.25) is 0 Å². The van der Waals surface area contributed by atoms with Gasteiger partial charge in [0, 0.05) is 10.6 Å². The van der Waals surface area contributed by atoms with Crippen molar-refractivity contribution in [2.45, 2.75) is 4.90 Å². The third kappa shape index (κ3) is 3.39. The maximum Gasteiger partial charge on any atom is 0.185 e. The first-order chi connectivity index (χ1) is 9.40. The molecule has 2 aromatic rings. The van der Waals surface area contributed by atoms with E-state index in [0.29, 0.717) is 5.02 Å². The number of carbonyl (C=O) groups excluding carboxylic acids is 1. The monoisotopic (exact) mass is 328 g/mol. The molecule has 0 bridgehead atoms. The zero-order chi connectivity index (χ0) is 14.8. The van der Waals surface area contributed by atoms with Crippen molar-refractivity contribution in [2.24, 2.45) is 0 Å². The van der Waals surface area contributed by atoms with Crippen molar-refractivity contribution in [1.29, 1.82) is 0 Å². The Balaban J connectivity index is 2.27. The Hall–Kier alpha value is -1.36. The SMILES string of the molecule is O=C(CS(=O)(=O)c1ccc(Cl)cc1)c1ccccc1Cl. The van der Waals surface area contributed by atoms with Crippen molar-refractivity contribution in [3.8, 4) is 0 Å². The maximum atomic E-state index is 12.1. The molecule has 0 aliphatic rings. The minimum Gasteiger partial charge on any atom is -0.293 e. The van der Waals surface area contributed by atoms with Gasteiger partial charge in [0.15, 0.2) is 15.6 Å². The van der Waals surface area contributed by atoms with Crippen LogP contribution in [0.2, 0.25) is 10.0 Å². The highest BCUT2D eigenvalue weighted by atomic mass is 35.5. The summed E-state index contributed by atoms with van der Waals surface area (Å²) in [4.78, 5) is 12.1. The first-order valence-electron chi connectivity index (χ1n) is 5.66. The normalized spacial score (nSPS) is 11.3. The summed E-state index contributed by atoms with van der Waals surface area (Å²) in [6.45, 7) is 0. The molecular formula is C14H10Cl2O3S. The lowest BCUT2D eigenvalue weighted by Crippen LogP contribution is -2.16. The maximum absolute atomic E-state index is 12.1. The van der Waals surface area contributed by atoms with Crippen LogP contribution < -0.4 is 0 Å². The molecule has 0 heterocycles. The molecular weight excluding hydrogens is 319 g/mol. The van der Waals surface area contributed by atoms with Crippen LogP contribution in [0.5, 0.6) is 0 Å². The predicted octanol–water partition coefficient (Wildman–Crippen LogP) is 3.65. The zero-order valence-corrected chi connectivity index (χ0v) is 12.5. The van der Waals surface area contributed by atoms with Gasteiger partial charge in [-0.2, -0.15) is 0 Å². The average molecular weight is 329 g/mol. The largest absolute Gasteiger partial charge is 0.293 e. The molecule has 2 rings (SSSR count). The number of ketones is 1. The molecule has 0 radical (unpaired) electrons. The lowest BCUT2D eigenvalue weighted by atomic mass is 10.1. The number of hydrogen-bond acceptors (Lipinski definition) is 3. The predicted molar refractivity (Wildman–Crippen MR) is 79.3 cm³/mol. The molecule has 104 valence electrons. The topological polar surface area (TPSA) is 51.2 Å². The van der Waals surface area contributed by atoms with Crippen LogP contribution in [-0.2, 0) is 9.84 Å². The Kier molecular flexibility index (Phi) is 4.48. The fourth-order valence-electron chi connectivity index (χ4n) is 1.66. The Morgan fingerprint density at radius 3 is 2.15 bits per heavy atom. The number of sulfone groups is 1. The Morgan fingerprint density at radius 1 is 0.950 bits per heavy atom. The number of benzene rings is 2. The van der Waals surface area contributed by atoms with Crippen molar-refractivity contribution in [3.05, 3.63) is 64.1 Å². The van der Waals surface area contributed by atoms with E-state index in [1.54, 1.807) is 18.2 Å². The highest BCUT2D eigenvalue weighted by Crippen LogP contribution is 2.19. The molecule has 0 aliphatic heterocycles. The van der Waals surface area contributed by atoms with Crippen LogP contribution in [-0.4, -0.2) is 20.0 Å². The highest BCUT2D eigenvalue weighted by Gasteiger charge is 2.21. The molecule has 0 spiro atoms. The molecule has 0 saturated heterocycles.